The van der Waals surface area contributed by atoms with Crippen LogP contribution in [0, 0.1) is 6.92 Å². The molecule has 0 saturated carbocycles. The zero-order valence-electron chi connectivity index (χ0n) is 9.76. The van der Waals surface area contributed by atoms with E-state index >= 15 is 0 Å². The van der Waals surface area contributed by atoms with Gasteiger partial charge in [0.25, 0.3) is 0 Å². The van der Waals surface area contributed by atoms with Gasteiger partial charge in [0.15, 0.2) is 0 Å². The van der Waals surface area contributed by atoms with Gasteiger partial charge in [0.1, 0.15) is 0 Å². The van der Waals surface area contributed by atoms with Crippen molar-refractivity contribution >= 4 is 27.6 Å². The van der Waals surface area contributed by atoms with Crippen LogP contribution in [0.2, 0.25) is 0 Å². The molecule has 1 rings (SSSR count). The molecule has 1 aromatic rings. The highest BCUT2D eigenvalue weighted by Crippen LogP contribution is 2.25. The molecule has 0 spiro atoms. The molecule has 0 unspecified atom stereocenters. The Morgan fingerprint density at radius 1 is 1.50 bits per heavy atom. The van der Waals surface area contributed by atoms with Crippen LogP contribution < -0.4 is 5.32 Å². The molecule has 0 bridgehead atoms. The zero-order chi connectivity index (χ0) is 12.1. The summed E-state index contributed by atoms with van der Waals surface area (Å²) in [5.74, 6) is -0.307. The summed E-state index contributed by atoms with van der Waals surface area (Å²) in [5.41, 5.74) is 2.48. The topological polar surface area (TPSA) is 38.3 Å². The molecule has 3 nitrogen and oxygen atoms in total. The van der Waals surface area contributed by atoms with Crippen molar-refractivity contribution in [1.82, 2.24) is 0 Å². The number of hydrogen-bond donors (Lipinski definition) is 1. The molecule has 0 aliphatic rings. The number of benzene rings is 1. The number of methoxy groups -OCH3 is 1. The Kier molecular flexibility index (Phi) is 4.80. The predicted octanol–water partition coefficient (Wildman–Crippen LogP) is 3.37. The van der Waals surface area contributed by atoms with Crippen LogP contribution in [-0.4, -0.2) is 19.6 Å². The van der Waals surface area contributed by atoms with E-state index in [0.717, 1.165) is 28.7 Å². The minimum atomic E-state index is -0.307. The lowest BCUT2D eigenvalue weighted by molar-refractivity contribution is 0.0600. The number of carbonyl (C=O) groups is 1. The van der Waals surface area contributed by atoms with E-state index in [0.29, 0.717) is 5.56 Å². The van der Waals surface area contributed by atoms with E-state index in [2.05, 4.69) is 28.2 Å². The molecule has 0 saturated heterocycles. The zero-order valence-corrected chi connectivity index (χ0v) is 11.3. The molecule has 0 aromatic heterocycles. The van der Waals surface area contributed by atoms with Crippen molar-refractivity contribution in [3.8, 4) is 0 Å². The van der Waals surface area contributed by atoms with Crippen LogP contribution >= 0.6 is 15.9 Å². The average Bonchev–Trinajstić information content (AvgIpc) is 2.28. The summed E-state index contributed by atoms with van der Waals surface area (Å²) >= 11 is 3.39. The monoisotopic (exact) mass is 285 g/mol. The number of hydrogen-bond acceptors (Lipinski definition) is 3. The molecule has 0 atom stereocenters. The Morgan fingerprint density at radius 2 is 2.19 bits per heavy atom. The molecule has 4 heteroatoms. The lowest BCUT2D eigenvalue weighted by Gasteiger charge is -2.12. The molecule has 1 aromatic carbocycles. The molecule has 16 heavy (non-hydrogen) atoms. The minimum Gasteiger partial charge on any atom is -0.465 e. The summed E-state index contributed by atoms with van der Waals surface area (Å²) in [6.07, 6.45) is 1.04. The summed E-state index contributed by atoms with van der Waals surface area (Å²) in [7, 11) is 1.39. The van der Waals surface area contributed by atoms with E-state index < -0.39 is 0 Å². The molecule has 0 radical (unpaired) electrons. The summed E-state index contributed by atoms with van der Waals surface area (Å²) < 4.78 is 5.62. The van der Waals surface area contributed by atoms with Crippen molar-refractivity contribution in [3.63, 3.8) is 0 Å². The van der Waals surface area contributed by atoms with Gasteiger partial charge in [-0.15, -0.1) is 0 Å². The molecular formula is C12H16BrNO2. The lowest BCUT2D eigenvalue weighted by atomic mass is 10.1. The van der Waals surface area contributed by atoms with Gasteiger partial charge in [-0.25, -0.2) is 4.79 Å². The fourth-order valence-electron chi connectivity index (χ4n) is 1.44. The number of ether oxygens (including phenoxy) is 1. The number of carbonyl (C=O) groups excluding carboxylic acids is 1. The van der Waals surface area contributed by atoms with Crippen molar-refractivity contribution in [2.75, 3.05) is 19.0 Å². The molecular weight excluding hydrogens is 270 g/mol. The van der Waals surface area contributed by atoms with Crippen molar-refractivity contribution in [2.45, 2.75) is 20.3 Å². The SMILES string of the molecule is CCCNc1cc(Br)cc(C(=O)OC)c1C. The fraction of sp³-hybridized carbons (Fsp3) is 0.417. The normalized spacial score (nSPS) is 10.0. The first-order valence-electron chi connectivity index (χ1n) is 5.22. The van der Waals surface area contributed by atoms with Crippen molar-refractivity contribution in [2.24, 2.45) is 0 Å². The summed E-state index contributed by atoms with van der Waals surface area (Å²) in [5, 5.41) is 3.29. The van der Waals surface area contributed by atoms with Crippen molar-refractivity contribution in [3.05, 3.63) is 27.7 Å². The first-order chi connectivity index (χ1) is 7.60. The summed E-state index contributed by atoms with van der Waals surface area (Å²) in [4.78, 5) is 11.5. The smallest absolute Gasteiger partial charge is 0.338 e. The van der Waals surface area contributed by atoms with Gasteiger partial charge in [-0.3, -0.25) is 0 Å². The van der Waals surface area contributed by atoms with E-state index in [1.165, 1.54) is 7.11 Å². The van der Waals surface area contributed by atoms with Gasteiger partial charge in [0.05, 0.1) is 12.7 Å². The Morgan fingerprint density at radius 3 is 2.75 bits per heavy atom. The number of nitrogens with one attached hydrogen (secondary N) is 1. The molecule has 1 N–H and O–H groups in total. The third-order valence-corrected chi connectivity index (χ3v) is 2.80. The van der Waals surface area contributed by atoms with Gasteiger partial charge in [0.2, 0.25) is 0 Å². The molecule has 0 heterocycles. The van der Waals surface area contributed by atoms with E-state index in [1.807, 2.05) is 13.0 Å². The third kappa shape index (κ3) is 2.98. The standard InChI is InChI=1S/C12H16BrNO2/c1-4-5-14-11-7-9(13)6-10(8(11)2)12(15)16-3/h6-7,14H,4-5H2,1-3H3. The van der Waals surface area contributed by atoms with Gasteiger partial charge >= 0.3 is 5.97 Å². The average molecular weight is 286 g/mol. The summed E-state index contributed by atoms with van der Waals surface area (Å²) in [6, 6.07) is 3.75. The van der Waals surface area contributed by atoms with Crippen LogP contribution in [0.3, 0.4) is 0 Å². The largest absolute Gasteiger partial charge is 0.465 e. The Hall–Kier alpha value is -1.03. The maximum Gasteiger partial charge on any atom is 0.338 e. The molecule has 0 amide bonds. The fourth-order valence-corrected chi connectivity index (χ4v) is 1.90. The highest BCUT2D eigenvalue weighted by Gasteiger charge is 2.13. The number of rotatable bonds is 4. The van der Waals surface area contributed by atoms with Gasteiger partial charge in [-0.2, -0.15) is 0 Å². The number of halogens is 1. The second-order valence-electron chi connectivity index (χ2n) is 3.54. The van der Waals surface area contributed by atoms with Crippen LogP contribution in [0.5, 0.6) is 0 Å². The predicted molar refractivity (Wildman–Crippen MR) is 69.0 cm³/mol. The number of anilines is 1. The summed E-state index contributed by atoms with van der Waals surface area (Å²) in [6.45, 7) is 4.90. The van der Waals surface area contributed by atoms with Crippen molar-refractivity contribution < 1.29 is 9.53 Å². The maximum absolute atomic E-state index is 11.5. The van der Waals surface area contributed by atoms with Crippen LogP contribution in [0.4, 0.5) is 5.69 Å². The molecule has 0 fully saturated rings. The van der Waals surface area contributed by atoms with Gasteiger partial charge in [-0.1, -0.05) is 22.9 Å². The van der Waals surface area contributed by atoms with Crippen molar-refractivity contribution in [1.29, 1.82) is 0 Å². The van der Waals surface area contributed by atoms with Crippen LogP contribution in [0.1, 0.15) is 29.3 Å². The Bertz CT molecular complexity index is 391. The highest BCUT2D eigenvalue weighted by molar-refractivity contribution is 9.10. The van der Waals surface area contributed by atoms with Crippen LogP contribution in [-0.2, 0) is 4.74 Å². The van der Waals surface area contributed by atoms with E-state index in [-0.39, 0.29) is 5.97 Å². The third-order valence-electron chi connectivity index (χ3n) is 2.34. The Labute approximate surface area is 104 Å². The maximum atomic E-state index is 11.5. The second-order valence-corrected chi connectivity index (χ2v) is 4.46. The van der Waals surface area contributed by atoms with Crippen LogP contribution in [0.15, 0.2) is 16.6 Å². The minimum absolute atomic E-state index is 0.307. The van der Waals surface area contributed by atoms with E-state index in [4.69, 9.17) is 4.74 Å². The Balaban J connectivity index is 3.10. The van der Waals surface area contributed by atoms with Gasteiger partial charge < -0.3 is 10.1 Å². The first-order valence-corrected chi connectivity index (χ1v) is 6.01. The quantitative estimate of drug-likeness (QED) is 0.862. The van der Waals surface area contributed by atoms with E-state index in [9.17, 15) is 4.79 Å². The van der Waals surface area contributed by atoms with E-state index in [1.54, 1.807) is 6.07 Å². The van der Waals surface area contributed by atoms with Gasteiger partial charge in [-0.05, 0) is 31.0 Å². The molecule has 88 valence electrons. The number of esters is 1. The highest BCUT2D eigenvalue weighted by atomic mass is 79.9. The first kappa shape index (κ1) is 13.0. The van der Waals surface area contributed by atoms with Crippen LogP contribution in [0.25, 0.3) is 0 Å². The molecule has 0 aliphatic heterocycles. The lowest BCUT2D eigenvalue weighted by Crippen LogP contribution is -2.08. The van der Waals surface area contributed by atoms with Gasteiger partial charge in [0, 0.05) is 16.7 Å². The molecule has 0 aliphatic carbocycles. The second kappa shape index (κ2) is 5.89.